The van der Waals surface area contributed by atoms with Gasteiger partial charge in [0.25, 0.3) is 0 Å². The van der Waals surface area contributed by atoms with Gasteiger partial charge in [-0.2, -0.15) is 0 Å². The van der Waals surface area contributed by atoms with Crippen molar-refractivity contribution in [2.45, 2.75) is 39.2 Å². The molecular formula is C16H22N2S. The van der Waals surface area contributed by atoms with E-state index in [9.17, 15) is 0 Å². The molecule has 0 aliphatic rings. The second-order valence-electron chi connectivity index (χ2n) is 5.35. The van der Waals surface area contributed by atoms with E-state index >= 15 is 0 Å². The Hall–Kier alpha value is -1.19. The zero-order chi connectivity index (χ0) is 13.9. The van der Waals surface area contributed by atoms with Crippen molar-refractivity contribution >= 4 is 11.3 Å². The molecule has 1 heterocycles. The highest BCUT2D eigenvalue weighted by atomic mass is 32.1. The largest absolute Gasteiger partial charge is 0.309 e. The first-order valence-electron chi connectivity index (χ1n) is 6.80. The quantitative estimate of drug-likeness (QED) is 0.886. The molecular weight excluding hydrogens is 252 g/mol. The topological polar surface area (TPSA) is 24.9 Å². The van der Waals surface area contributed by atoms with Gasteiger partial charge >= 0.3 is 0 Å². The van der Waals surface area contributed by atoms with Gasteiger partial charge in [0.2, 0.25) is 0 Å². The molecule has 0 fully saturated rings. The van der Waals surface area contributed by atoms with Gasteiger partial charge < -0.3 is 5.32 Å². The van der Waals surface area contributed by atoms with Gasteiger partial charge in [0.1, 0.15) is 5.01 Å². The van der Waals surface area contributed by atoms with Crippen LogP contribution in [0, 0.1) is 0 Å². The molecule has 0 amide bonds. The summed E-state index contributed by atoms with van der Waals surface area (Å²) < 4.78 is 0. The zero-order valence-electron chi connectivity index (χ0n) is 12.1. The summed E-state index contributed by atoms with van der Waals surface area (Å²) in [5, 5.41) is 6.76. The monoisotopic (exact) mass is 274 g/mol. The molecule has 102 valence electrons. The maximum Gasteiger partial charge on any atom is 0.103 e. The van der Waals surface area contributed by atoms with Gasteiger partial charge in [-0.1, -0.05) is 37.3 Å². The first kappa shape index (κ1) is 14.2. The molecule has 2 nitrogen and oxygen atoms in total. The fourth-order valence-electron chi connectivity index (χ4n) is 2.16. The van der Waals surface area contributed by atoms with Gasteiger partial charge in [-0.3, -0.25) is 0 Å². The summed E-state index contributed by atoms with van der Waals surface area (Å²) in [5.41, 5.74) is 2.42. The van der Waals surface area contributed by atoms with Crippen LogP contribution in [-0.2, 0) is 5.41 Å². The van der Waals surface area contributed by atoms with Crippen LogP contribution in [0.4, 0.5) is 0 Å². The van der Waals surface area contributed by atoms with Gasteiger partial charge in [0.05, 0.1) is 5.69 Å². The predicted molar refractivity (Wildman–Crippen MR) is 82.8 cm³/mol. The van der Waals surface area contributed by atoms with Crippen LogP contribution in [0.2, 0.25) is 0 Å². The molecule has 19 heavy (non-hydrogen) atoms. The molecule has 1 aromatic heterocycles. The molecule has 0 aliphatic heterocycles. The molecule has 3 heteroatoms. The lowest BCUT2D eigenvalue weighted by Gasteiger charge is -2.22. The number of hydrogen-bond acceptors (Lipinski definition) is 3. The minimum Gasteiger partial charge on any atom is -0.309 e. The first-order chi connectivity index (χ1) is 9.05. The number of aromatic nitrogens is 1. The number of nitrogens with zero attached hydrogens (tertiary/aromatic N) is 1. The summed E-state index contributed by atoms with van der Waals surface area (Å²) in [7, 11) is 0. The van der Waals surface area contributed by atoms with Crippen LogP contribution < -0.4 is 5.32 Å². The highest BCUT2D eigenvalue weighted by Crippen LogP contribution is 2.34. The molecule has 1 aromatic carbocycles. The zero-order valence-corrected chi connectivity index (χ0v) is 12.9. The van der Waals surface area contributed by atoms with Crippen molar-refractivity contribution in [1.29, 1.82) is 0 Å². The maximum absolute atomic E-state index is 4.83. The fraction of sp³-hybridized carbons (Fsp3) is 0.438. The lowest BCUT2D eigenvalue weighted by Crippen LogP contribution is -2.20. The SMILES string of the molecule is CCNC(C)c1csc(C(C)(C)c2ccccc2)n1. The van der Waals surface area contributed by atoms with E-state index in [1.807, 2.05) is 0 Å². The van der Waals surface area contributed by atoms with Crippen molar-refractivity contribution in [2.75, 3.05) is 6.54 Å². The maximum atomic E-state index is 4.83. The standard InChI is InChI=1S/C16H22N2S/c1-5-17-12(2)14-11-19-15(18-14)16(3,4)13-9-7-6-8-10-13/h6-12,17H,5H2,1-4H3. The summed E-state index contributed by atoms with van der Waals surface area (Å²) in [6.07, 6.45) is 0. The second-order valence-corrected chi connectivity index (χ2v) is 6.21. The van der Waals surface area contributed by atoms with Crippen molar-refractivity contribution in [3.63, 3.8) is 0 Å². The van der Waals surface area contributed by atoms with Gasteiger partial charge in [-0.25, -0.2) is 4.98 Å². The lowest BCUT2D eigenvalue weighted by molar-refractivity contribution is 0.574. The van der Waals surface area contributed by atoms with E-state index in [4.69, 9.17) is 4.98 Å². The number of thiazole rings is 1. The van der Waals surface area contributed by atoms with Gasteiger partial charge in [-0.05, 0) is 32.9 Å². The van der Waals surface area contributed by atoms with Gasteiger partial charge in [0, 0.05) is 16.8 Å². The molecule has 0 saturated heterocycles. The Kier molecular flexibility index (Phi) is 4.38. The number of nitrogens with one attached hydrogen (secondary N) is 1. The summed E-state index contributed by atoms with van der Waals surface area (Å²) >= 11 is 1.75. The van der Waals surface area contributed by atoms with Crippen LogP contribution in [0.5, 0.6) is 0 Å². The average molecular weight is 274 g/mol. The molecule has 0 bridgehead atoms. The fourth-order valence-corrected chi connectivity index (χ4v) is 3.22. The molecule has 0 spiro atoms. The molecule has 0 radical (unpaired) electrons. The molecule has 2 aromatic rings. The molecule has 0 aliphatic carbocycles. The van der Waals surface area contributed by atoms with E-state index in [2.05, 4.69) is 68.7 Å². The number of benzene rings is 1. The Morgan fingerprint density at radius 1 is 1.26 bits per heavy atom. The van der Waals surface area contributed by atoms with E-state index in [-0.39, 0.29) is 5.41 Å². The third-order valence-corrected chi connectivity index (χ3v) is 4.69. The third kappa shape index (κ3) is 3.04. The Labute approximate surface area is 119 Å². The highest BCUT2D eigenvalue weighted by molar-refractivity contribution is 7.09. The molecule has 0 saturated carbocycles. The van der Waals surface area contributed by atoms with Crippen LogP contribution in [0.1, 0.15) is 50.0 Å². The Morgan fingerprint density at radius 3 is 2.58 bits per heavy atom. The lowest BCUT2D eigenvalue weighted by atomic mass is 9.85. The van der Waals surface area contributed by atoms with Crippen LogP contribution in [0.3, 0.4) is 0 Å². The molecule has 1 unspecified atom stereocenters. The van der Waals surface area contributed by atoms with Crippen molar-refractivity contribution < 1.29 is 0 Å². The van der Waals surface area contributed by atoms with Crippen LogP contribution in [-0.4, -0.2) is 11.5 Å². The minimum absolute atomic E-state index is 0.0316. The normalized spacial score (nSPS) is 13.5. The summed E-state index contributed by atoms with van der Waals surface area (Å²) in [6, 6.07) is 10.9. The second kappa shape index (κ2) is 5.85. The first-order valence-corrected chi connectivity index (χ1v) is 7.68. The van der Waals surface area contributed by atoms with Crippen molar-refractivity contribution in [1.82, 2.24) is 10.3 Å². The summed E-state index contributed by atoms with van der Waals surface area (Å²) in [4.78, 5) is 4.83. The molecule has 1 N–H and O–H groups in total. The Bertz CT molecular complexity index is 517. The van der Waals surface area contributed by atoms with E-state index in [1.54, 1.807) is 11.3 Å². The van der Waals surface area contributed by atoms with Gasteiger partial charge in [-0.15, -0.1) is 11.3 Å². The molecule has 1 atom stereocenters. The smallest absolute Gasteiger partial charge is 0.103 e. The van der Waals surface area contributed by atoms with Crippen LogP contribution in [0.25, 0.3) is 0 Å². The van der Waals surface area contributed by atoms with E-state index in [0.29, 0.717) is 6.04 Å². The summed E-state index contributed by atoms with van der Waals surface area (Å²) in [6.45, 7) is 9.73. The van der Waals surface area contributed by atoms with Crippen molar-refractivity contribution in [3.8, 4) is 0 Å². The number of hydrogen-bond donors (Lipinski definition) is 1. The van der Waals surface area contributed by atoms with Crippen molar-refractivity contribution in [2.24, 2.45) is 0 Å². The van der Waals surface area contributed by atoms with Crippen LogP contribution in [0.15, 0.2) is 35.7 Å². The van der Waals surface area contributed by atoms with E-state index in [0.717, 1.165) is 12.2 Å². The minimum atomic E-state index is -0.0316. The number of rotatable bonds is 5. The molecule has 2 rings (SSSR count). The van der Waals surface area contributed by atoms with Crippen molar-refractivity contribution in [3.05, 3.63) is 52.0 Å². The van der Waals surface area contributed by atoms with Crippen LogP contribution >= 0.6 is 11.3 Å². The predicted octanol–water partition coefficient (Wildman–Crippen LogP) is 4.14. The Morgan fingerprint density at radius 2 is 1.95 bits per heavy atom. The van der Waals surface area contributed by atoms with E-state index < -0.39 is 0 Å². The Balaban J connectivity index is 2.27. The highest BCUT2D eigenvalue weighted by Gasteiger charge is 2.26. The summed E-state index contributed by atoms with van der Waals surface area (Å²) in [5.74, 6) is 0. The average Bonchev–Trinajstić information content (AvgIpc) is 2.90. The van der Waals surface area contributed by atoms with E-state index in [1.165, 1.54) is 10.6 Å². The third-order valence-electron chi connectivity index (χ3n) is 3.51. The van der Waals surface area contributed by atoms with Gasteiger partial charge in [0.15, 0.2) is 0 Å².